The summed E-state index contributed by atoms with van der Waals surface area (Å²) in [6, 6.07) is 16.6. The molecule has 1 saturated heterocycles. The molecule has 5 heteroatoms. The monoisotopic (exact) mass is 365 g/mol. The van der Waals surface area contributed by atoms with Gasteiger partial charge in [0.05, 0.1) is 19.8 Å². The van der Waals surface area contributed by atoms with E-state index in [-0.39, 0.29) is 5.91 Å². The summed E-state index contributed by atoms with van der Waals surface area (Å²) in [5.41, 5.74) is 4.65. The van der Waals surface area contributed by atoms with Crippen LogP contribution in [0.25, 0.3) is 0 Å². The maximum absolute atomic E-state index is 12.5. The van der Waals surface area contributed by atoms with Gasteiger partial charge in [-0.25, -0.2) is 0 Å². The second-order valence-electron chi connectivity index (χ2n) is 7.29. The zero-order valence-corrected chi connectivity index (χ0v) is 15.7. The third kappa shape index (κ3) is 4.67. The Balaban J connectivity index is 1.32. The molecule has 0 saturated carbocycles. The number of amides is 1. The van der Waals surface area contributed by atoms with Gasteiger partial charge in [0, 0.05) is 37.6 Å². The molecule has 2 aromatic rings. The van der Waals surface area contributed by atoms with E-state index in [4.69, 9.17) is 4.74 Å². The molecule has 0 atom stereocenters. The van der Waals surface area contributed by atoms with E-state index in [1.165, 1.54) is 16.8 Å². The lowest BCUT2D eigenvalue weighted by molar-refractivity contribution is -0.115. The number of aryl methyl sites for hydroxylation is 1. The van der Waals surface area contributed by atoms with Crippen molar-refractivity contribution in [1.82, 2.24) is 4.90 Å². The summed E-state index contributed by atoms with van der Waals surface area (Å²) < 4.78 is 5.39. The van der Waals surface area contributed by atoms with Crippen LogP contribution in [-0.4, -0.2) is 50.2 Å². The quantitative estimate of drug-likeness (QED) is 0.885. The van der Waals surface area contributed by atoms with E-state index < -0.39 is 0 Å². The van der Waals surface area contributed by atoms with Gasteiger partial charge in [-0.2, -0.15) is 0 Å². The van der Waals surface area contributed by atoms with Crippen LogP contribution in [0.3, 0.4) is 0 Å². The lowest BCUT2D eigenvalue weighted by atomic mass is 10.0. The van der Waals surface area contributed by atoms with Crippen LogP contribution >= 0.6 is 0 Å². The topological polar surface area (TPSA) is 44.8 Å². The molecule has 0 radical (unpaired) electrons. The first kappa shape index (κ1) is 18.0. The van der Waals surface area contributed by atoms with Crippen molar-refractivity contribution in [3.05, 3.63) is 59.7 Å². The molecule has 0 bridgehead atoms. The highest BCUT2D eigenvalue weighted by atomic mass is 16.5. The van der Waals surface area contributed by atoms with Crippen molar-refractivity contribution in [2.45, 2.75) is 19.4 Å². The van der Waals surface area contributed by atoms with Gasteiger partial charge in [0.2, 0.25) is 5.91 Å². The molecule has 1 amide bonds. The summed E-state index contributed by atoms with van der Waals surface area (Å²) in [6.07, 6.45) is 2.19. The van der Waals surface area contributed by atoms with Crippen molar-refractivity contribution in [2.24, 2.45) is 0 Å². The summed E-state index contributed by atoms with van der Waals surface area (Å²) in [7, 11) is 0. The van der Waals surface area contributed by atoms with Crippen LogP contribution in [0.1, 0.15) is 17.5 Å². The van der Waals surface area contributed by atoms with Crippen LogP contribution < -0.4 is 10.2 Å². The fourth-order valence-electron chi connectivity index (χ4n) is 3.86. The van der Waals surface area contributed by atoms with Crippen molar-refractivity contribution < 1.29 is 9.53 Å². The molecule has 2 aliphatic heterocycles. The third-order valence-electron chi connectivity index (χ3n) is 5.29. The van der Waals surface area contributed by atoms with Gasteiger partial charge in [0.15, 0.2) is 0 Å². The summed E-state index contributed by atoms with van der Waals surface area (Å²) in [5.74, 6) is 0.0348. The Hall–Kier alpha value is -2.37. The molecule has 2 aliphatic rings. The van der Waals surface area contributed by atoms with Crippen LogP contribution in [0.5, 0.6) is 0 Å². The Kier molecular flexibility index (Phi) is 5.70. The number of fused-ring (bicyclic) bond motifs is 1. The summed E-state index contributed by atoms with van der Waals surface area (Å²) >= 11 is 0. The Bertz CT molecular complexity index is 769. The molecular weight excluding hydrogens is 338 g/mol. The van der Waals surface area contributed by atoms with Crippen LogP contribution in [-0.2, 0) is 22.5 Å². The first-order valence-corrected chi connectivity index (χ1v) is 9.80. The minimum Gasteiger partial charge on any atom is -0.379 e. The highest BCUT2D eigenvalue weighted by Gasteiger charge is 2.18. The molecule has 0 aromatic heterocycles. The number of nitrogens with zero attached hydrogens (tertiary/aromatic N) is 2. The van der Waals surface area contributed by atoms with Gasteiger partial charge < -0.3 is 15.0 Å². The number of rotatable bonds is 5. The number of anilines is 2. The van der Waals surface area contributed by atoms with Crippen LogP contribution in [0.15, 0.2) is 48.5 Å². The van der Waals surface area contributed by atoms with E-state index in [1.807, 2.05) is 18.2 Å². The SMILES string of the molecule is O=C(CN1CCCc2ccccc21)Nc1ccc(CN2CCOCC2)cc1. The van der Waals surface area contributed by atoms with Crippen LogP contribution in [0.4, 0.5) is 11.4 Å². The number of para-hydroxylation sites is 1. The number of carbonyl (C=O) groups excluding carboxylic acids is 1. The lowest BCUT2D eigenvalue weighted by Crippen LogP contribution is -2.36. The highest BCUT2D eigenvalue weighted by molar-refractivity contribution is 5.94. The fraction of sp³-hybridized carbons (Fsp3) is 0.409. The summed E-state index contributed by atoms with van der Waals surface area (Å²) in [4.78, 5) is 17.1. The zero-order chi connectivity index (χ0) is 18.5. The average Bonchev–Trinajstić information content (AvgIpc) is 2.71. The van der Waals surface area contributed by atoms with Crippen LogP contribution in [0, 0.1) is 0 Å². The van der Waals surface area contributed by atoms with Crippen molar-refractivity contribution in [2.75, 3.05) is 49.6 Å². The number of carbonyl (C=O) groups is 1. The van der Waals surface area contributed by atoms with Crippen molar-refractivity contribution in [3.8, 4) is 0 Å². The van der Waals surface area contributed by atoms with Gasteiger partial charge in [0.25, 0.3) is 0 Å². The predicted molar refractivity (Wildman–Crippen MR) is 108 cm³/mol. The van der Waals surface area contributed by atoms with E-state index in [0.29, 0.717) is 6.54 Å². The molecular formula is C22H27N3O2. The largest absolute Gasteiger partial charge is 0.379 e. The van der Waals surface area contributed by atoms with Gasteiger partial charge in [-0.1, -0.05) is 30.3 Å². The highest BCUT2D eigenvalue weighted by Crippen LogP contribution is 2.26. The molecule has 2 heterocycles. The van der Waals surface area contributed by atoms with E-state index in [2.05, 4.69) is 45.4 Å². The molecule has 0 aliphatic carbocycles. The number of morpholine rings is 1. The number of hydrogen-bond donors (Lipinski definition) is 1. The first-order chi connectivity index (χ1) is 13.3. The Morgan fingerprint density at radius 2 is 1.78 bits per heavy atom. The van der Waals surface area contributed by atoms with E-state index in [1.54, 1.807) is 0 Å². The summed E-state index contributed by atoms with van der Waals surface area (Å²) in [6.45, 7) is 5.85. The number of hydrogen-bond acceptors (Lipinski definition) is 4. The molecule has 1 fully saturated rings. The molecule has 4 rings (SSSR count). The van der Waals surface area contributed by atoms with E-state index >= 15 is 0 Å². The van der Waals surface area contributed by atoms with Gasteiger partial charge in [0.1, 0.15) is 0 Å². The first-order valence-electron chi connectivity index (χ1n) is 9.80. The minimum absolute atomic E-state index is 0.0348. The van der Waals surface area contributed by atoms with Gasteiger partial charge >= 0.3 is 0 Å². The smallest absolute Gasteiger partial charge is 0.243 e. The molecule has 5 nitrogen and oxygen atoms in total. The van der Waals surface area contributed by atoms with Crippen molar-refractivity contribution in [3.63, 3.8) is 0 Å². The molecule has 27 heavy (non-hydrogen) atoms. The third-order valence-corrected chi connectivity index (χ3v) is 5.29. The second-order valence-corrected chi connectivity index (χ2v) is 7.29. The van der Waals surface area contributed by atoms with Gasteiger partial charge in [-0.3, -0.25) is 9.69 Å². The maximum Gasteiger partial charge on any atom is 0.243 e. The van der Waals surface area contributed by atoms with Crippen molar-refractivity contribution in [1.29, 1.82) is 0 Å². The van der Waals surface area contributed by atoms with E-state index in [0.717, 1.165) is 57.9 Å². The molecule has 142 valence electrons. The number of benzene rings is 2. The number of ether oxygens (including phenoxy) is 1. The molecule has 2 aromatic carbocycles. The zero-order valence-electron chi connectivity index (χ0n) is 15.7. The Labute approximate surface area is 160 Å². The second kappa shape index (κ2) is 8.55. The number of nitrogens with one attached hydrogen (secondary N) is 1. The predicted octanol–water partition coefficient (Wildman–Crippen LogP) is 2.91. The maximum atomic E-state index is 12.5. The molecule has 0 unspecified atom stereocenters. The summed E-state index contributed by atoms with van der Waals surface area (Å²) in [5, 5.41) is 3.04. The Morgan fingerprint density at radius 3 is 2.59 bits per heavy atom. The van der Waals surface area contributed by atoms with Gasteiger partial charge in [-0.15, -0.1) is 0 Å². The lowest BCUT2D eigenvalue weighted by Gasteiger charge is -2.30. The fourth-order valence-corrected chi connectivity index (χ4v) is 3.86. The van der Waals surface area contributed by atoms with E-state index in [9.17, 15) is 4.79 Å². The molecule has 0 spiro atoms. The Morgan fingerprint density at radius 1 is 1.00 bits per heavy atom. The average molecular weight is 365 g/mol. The van der Waals surface area contributed by atoms with Crippen molar-refractivity contribution >= 4 is 17.3 Å². The van der Waals surface area contributed by atoms with Crippen LogP contribution in [0.2, 0.25) is 0 Å². The minimum atomic E-state index is 0.0348. The normalized spacial score (nSPS) is 17.4. The molecule has 1 N–H and O–H groups in total. The van der Waals surface area contributed by atoms with Gasteiger partial charge in [-0.05, 0) is 42.2 Å². The standard InChI is InChI=1S/C22H27N3O2/c26-22(17-25-11-3-5-19-4-1-2-6-21(19)25)23-20-9-7-18(8-10-20)16-24-12-14-27-15-13-24/h1-2,4,6-10H,3,5,11-17H2,(H,23,26).